The first-order chi connectivity index (χ1) is 8.94. The molecular weight excluding hydrogens is 317 g/mol. The van der Waals surface area contributed by atoms with Crippen LogP contribution in [0.25, 0.3) is 0 Å². The second-order valence-corrected chi connectivity index (χ2v) is 5.99. The highest BCUT2D eigenvalue weighted by Gasteiger charge is 2.61. The Morgan fingerprint density at radius 1 is 1.58 bits per heavy atom. The van der Waals surface area contributed by atoms with Crippen LogP contribution in [0.2, 0.25) is 0 Å². The van der Waals surface area contributed by atoms with Crippen LogP contribution in [0, 0.1) is 0 Å². The largest absolute Gasteiger partial charge is 0.480 e. The van der Waals surface area contributed by atoms with E-state index in [0.717, 1.165) is 4.47 Å². The molecule has 0 bridgehead atoms. The molecule has 1 saturated carbocycles. The summed E-state index contributed by atoms with van der Waals surface area (Å²) in [4.78, 5) is 24.2. The number of carboxylic acid groups (broad SMARTS) is 1. The lowest BCUT2D eigenvalue weighted by molar-refractivity contribution is -0.137. The minimum Gasteiger partial charge on any atom is -0.480 e. The molecule has 1 aromatic rings. The van der Waals surface area contributed by atoms with Crippen LogP contribution in [0.1, 0.15) is 22.3 Å². The van der Waals surface area contributed by atoms with Crippen LogP contribution in [0.4, 0.5) is 4.39 Å². The fourth-order valence-electron chi connectivity index (χ4n) is 2.78. The first-order valence-corrected chi connectivity index (χ1v) is 6.68. The zero-order valence-electron chi connectivity index (χ0n) is 9.90. The van der Waals surface area contributed by atoms with Crippen LogP contribution in [0.5, 0.6) is 0 Å². The highest BCUT2D eigenvalue weighted by Crippen LogP contribution is 2.54. The summed E-state index contributed by atoms with van der Waals surface area (Å²) < 4.78 is 14.6. The van der Waals surface area contributed by atoms with E-state index in [4.69, 9.17) is 5.11 Å². The SMILES string of the molecule is O=C(O)CN1CC2(CC2F)c2cc(Br)ccc2C1=O. The minimum absolute atomic E-state index is 0.142. The molecule has 1 fully saturated rings. The lowest BCUT2D eigenvalue weighted by Crippen LogP contribution is -2.46. The molecule has 1 amide bonds. The molecule has 1 heterocycles. The molecule has 0 saturated heterocycles. The Balaban J connectivity index is 2.07. The highest BCUT2D eigenvalue weighted by atomic mass is 79.9. The Morgan fingerprint density at radius 2 is 2.26 bits per heavy atom. The van der Waals surface area contributed by atoms with Crippen molar-refractivity contribution in [3.63, 3.8) is 0 Å². The standard InChI is InChI=1S/C13H11BrFNO3/c14-7-1-2-8-9(3-7)13(4-10(13)15)6-16(12(8)19)5-11(17)18/h1-3,10H,4-6H2,(H,17,18). The van der Waals surface area contributed by atoms with Crippen LogP contribution >= 0.6 is 15.9 Å². The molecule has 2 atom stereocenters. The van der Waals surface area contributed by atoms with Gasteiger partial charge in [0.2, 0.25) is 0 Å². The van der Waals surface area contributed by atoms with Crippen LogP contribution in [-0.4, -0.2) is 41.1 Å². The van der Waals surface area contributed by atoms with E-state index in [0.29, 0.717) is 17.5 Å². The fourth-order valence-corrected chi connectivity index (χ4v) is 3.14. The third-order valence-corrected chi connectivity index (χ3v) is 4.31. The van der Waals surface area contributed by atoms with E-state index in [1.54, 1.807) is 18.2 Å². The predicted molar refractivity (Wildman–Crippen MR) is 68.9 cm³/mol. The summed E-state index contributed by atoms with van der Waals surface area (Å²) in [5.41, 5.74) is 0.402. The number of halogens is 2. The fraction of sp³-hybridized carbons (Fsp3) is 0.385. The molecule has 1 N–H and O–H groups in total. The molecule has 1 spiro atoms. The van der Waals surface area contributed by atoms with Crippen LogP contribution < -0.4 is 0 Å². The number of nitrogens with zero attached hydrogens (tertiary/aromatic N) is 1. The van der Waals surface area contributed by atoms with Crippen LogP contribution in [0.15, 0.2) is 22.7 Å². The van der Waals surface area contributed by atoms with E-state index in [1.807, 2.05) is 0 Å². The summed E-state index contributed by atoms with van der Waals surface area (Å²) in [5, 5.41) is 8.84. The Bertz CT molecular complexity index is 591. The molecular formula is C13H11BrFNO3. The summed E-state index contributed by atoms with van der Waals surface area (Å²) >= 11 is 3.32. The number of aliphatic carboxylic acids is 1. The van der Waals surface area contributed by atoms with Crippen molar-refractivity contribution in [1.82, 2.24) is 4.90 Å². The number of carboxylic acids is 1. The summed E-state index contributed by atoms with van der Waals surface area (Å²) in [5.74, 6) is -1.42. The van der Waals surface area contributed by atoms with Gasteiger partial charge in [-0.1, -0.05) is 15.9 Å². The first-order valence-electron chi connectivity index (χ1n) is 5.89. The molecule has 100 valence electrons. The molecule has 1 aliphatic heterocycles. The number of amides is 1. The number of rotatable bonds is 2. The van der Waals surface area contributed by atoms with Gasteiger partial charge in [-0.15, -0.1) is 0 Å². The number of benzene rings is 1. The van der Waals surface area contributed by atoms with E-state index in [1.165, 1.54) is 4.90 Å². The van der Waals surface area contributed by atoms with Gasteiger partial charge in [-0.3, -0.25) is 9.59 Å². The third kappa shape index (κ3) is 1.85. The van der Waals surface area contributed by atoms with E-state index >= 15 is 0 Å². The molecule has 4 nitrogen and oxygen atoms in total. The molecule has 1 aromatic carbocycles. The smallest absolute Gasteiger partial charge is 0.323 e. The molecule has 19 heavy (non-hydrogen) atoms. The van der Waals surface area contributed by atoms with Gasteiger partial charge in [0, 0.05) is 22.0 Å². The summed E-state index contributed by atoms with van der Waals surface area (Å²) in [6, 6.07) is 5.11. The number of hydrogen-bond acceptors (Lipinski definition) is 2. The van der Waals surface area contributed by atoms with Gasteiger partial charge in [0.25, 0.3) is 5.91 Å². The van der Waals surface area contributed by atoms with Crippen molar-refractivity contribution in [3.05, 3.63) is 33.8 Å². The minimum atomic E-state index is -1.08. The van der Waals surface area contributed by atoms with Crippen LogP contribution in [-0.2, 0) is 10.2 Å². The number of hydrogen-bond donors (Lipinski definition) is 1. The maximum absolute atomic E-state index is 13.8. The van der Waals surface area contributed by atoms with Gasteiger partial charge >= 0.3 is 5.97 Å². The number of alkyl halides is 1. The van der Waals surface area contributed by atoms with Crippen molar-refractivity contribution in [1.29, 1.82) is 0 Å². The highest BCUT2D eigenvalue weighted by molar-refractivity contribution is 9.10. The maximum atomic E-state index is 13.8. The monoisotopic (exact) mass is 327 g/mol. The zero-order valence-corrected chi connectivity index (χ0v) is 11.5. The van der Waals surface area contributed by atoms with E-state index < -0.39 is 17.6 Å². The van der Waals surface area contributed by atoms with E-state index in [9.17, 15) is 14.0 Å². The maximum Gasteiger partial charge on any atom is 0.323 e. The van der Waals surface area contributed by atoms with Gasteiger partial charge in [-0.2, -0.15) is 0 Å². The molecule has 2 aliphatic rings. The van der Waals surface area contributed by atoms with Gasteiger partial charge in [-0.25, -0.2) is 4.39 Å². The molecule has 0 aromatic heterocycles. The quantitative estimate of drug-likeness (QED) is 0.903. The average molecular weight is 328 g/mol. The Kier molecular flexibility index (Phi) is 2.67. The van der Waals surface area contributed by atoms with E-state index in [2.05, 4.69) is 15.9 Å². The summed E-state index contributed by atoms with van der Waals surface area (Å²) in [6.07, 6.45) is -0.662. The molecule has 6 heteroatoms. The van der Waals surface area contributed by atoms with Crippen molar-refractivity contribution in [3.8, 4) is 0 Å². The van der Waals surface area contributed by atoms with Gasteiger partial charge in [0.15, 0.2) is 0 Å². The number of carbonyl (C=O) groups is 2. The number of fused-ring (bicyclic) bond motifs is 2. The third-order valence-electron chi connectivity index (χ3n) is 3.82. The first kappa shape index (κ1) is 12.6. The second-order valence-electron chi connectivity index (χ2n) is 5.07. The van der Waals surface area contributed by atoms with Gasteiger partial charge < -0.3 is 10.0 Å². The van der Waals surface area contributed by atoms with Crippen LogP contribution in [0.3, 0.4) is 0 Å². The zero-order chi connectivity index (χ0) is 13.8. The average Bonchev–Trinajstić information content (AvgIpc) is 2.97. The summed E-state index contributed by atoms with van der Waals surface area (Å²) in [6.45, 7) is -0.244. The van der Waals surface area contributed by atoms with Gasteiger partial charge in [0.1, 0.15) is 12.7 Å². The molecule has 0 radical (unpaired) electrons. The van der Waals surface area contributed by atoms with Crippen molar-refractivity contribution in [2.75, 3.05) is 13.1 Å². The normalized spacial score (nSPS) is 28.4. The number of carbonyl (C=O) groups excluding carboxylic acids is 1. The Labute approximate surface area is 117 Å². The Morgan fingerprint density at radius 3 is 2.84 bits per heavy atom. The topological polar surface area (TPSA) is 57.6 Å². The Hall–Kier alpha value is -1.43. The lowest BCUT2D eigenvalue weighted by Gasteiger charge is -2.33. The summed E-state index contributed by atoms with van der Waals surface area (Å²) in [7, 11) is 0. The van der Waals surface area contributed by atoms with Gasteiger partial charge in [-0.05, 0) is 30.2 Å². The van der Waals surface area contributed by atoms with Crippen molar-refractivity contribution >= 4 is 27.8 Å². The molecule has 1 aliphatic carbocycles. The lowest BCUT2D eigenvalue weighted by atomic mass is 9.86. The van der Waals surface area contributed by atoms with E-state index in [-0.39, 0.29) is 19.0 Å². The van der Waals surface area contributed by atoms with Crippen molar-refractivity contribution < 1.29 is 19.1 Å². The predicted octanol–water partition coefficient (Wildman–Crippen LogP) is 1.97. The molecule has 2 unspecified atom stereocenters. The van der Waals surface area contributed by atoms with Crippen molar-refractivity contribution in [2.45, 2.75) is 18.0 Å². The van der Waals surface area contributed by atoms with Crippen molar-refractivity contribution in [2.24, 2.45) is 0 Å². The second kappa shape index (κ2) is 4.03. The molecule has 3 rings (SSSR count). The van der Waals surface area contributed by atoms with Gasteiger partial charge in [0.05, 0.1) is 0 Å².